The van der Waals surface area contributed by atoms with E-state index in [0.29, 0.717) is 42.2 Å². The number of rotatable bonds is 6. The highest BCUT2D eigenvalue weighted by molar-refractivity contribution is 9.11. The predicted octanol–water partition coefficient (Wildman–Crippen LogP) is 5.27. The minimum atomic E-state index is -0.592. The topological polar surface area (TPSA) is 107 Å². The molecule has 166 valence electrons. The molecule has 32 heavy (non-hydrogen) atoms. The van der Waals surface area contributed by atoms with Crippen molar-refractivity contribution in [1.82, 2.24) is 20.4 Å². The van der Waals surface area contributed by atoms with E-state index in [0.717, 1.165) is 11.1 Å². The van der Waals surface area contributed by atoms with E-state index in [1.54, 1.807) is 13.8 Å². The molecule has 0 saturated heterocycles. The standard InChI is InChI=1S/C22H19Br2ClN4O3/c1-10-17(21(30)28-26-10)19(18-11(2)27-29-22(18)31)13-7-14(23)20(15(24)8-13)32-9-12-5-3-4-6-16(12)25/h3-8,19H,9H2,1-2H3,(H2,26,28,30)(H2,27,29,31). The van der Waals surface area contributed by atoms with Crippen LogP contribution in [0.3, 0.4) is 0 Å². The van der Waals surface area contributed by atoms with E-state index in [2.05, 4.69) is 52.3 Å². The van der Waals surface area contributed by atoms with Gasteiger partial charge in [0, 0.05) is 27.9 Å². The lowest BCUT2D eigenvalue weighted by Gasteiger charge is -2.19. The molecule has 0 unspecified atom stereocenters. The van der Waals surface area contributed by atoms with E-state index in [4.69, 9.17) is 16.3 Å². The molecule has 0 atom stereocenters. The van der Waals surface area contributed by atoms with Crippen molar-refractivity contribution in [1.29, 1.82) is 0 Å². The summed E-state index contributed by atoms with van der Waals surface area (Å²) >= 11 is 13.4. The van der Waals surface area contributed by atoms with Crippen molar-refractivity contribution in [2.75, 3.05) is 0 Å². The zero-order chi connectivity index (χ0) is 23.0. The van der Waals surface area contributed by atoms with Crippen molar-refractivity contribution in [2.45, 2.75) is 26.4 Å². The minimum absolute atomic E-state index is 0.279. The summed E-state index contributed by atoms with van der Waals surface area (Å²) in [5.74, 6) is -0.00274. The minimum Gasteiger partial charge on any atom is -0.486 e. The molecule has 2 heterocycles. The highest BCUT2D eigenvalue weighted by atomic mass is 79.9. The molecule has 2 aromatic heterocycles. The molecular formula is C22H19Br2ClN4O3. The van der Waals surface area contributed by atoms with Crippen LogP contribution in [-0.4, -0.2) is 20.4 Å². The van der Waals surface area contributed by atoms with Crippen LogP contribution in [0.25, 0.3) is 0 Å². The van der Waals surface area contributed by atoms with Crippen molar-refractivity contribution >= 4 is 43.5 Å². The Hall–Kier alpha value is -2.49. The van der Waals surface area contributed by atoms with Crippen LogP contribution >= 0.6 is 43.5 Å². The van der Waals surface area contributed by atoms with E-state index in [9.17, 15) is 9.59 Å². The fourth-order valence-electron chi connectivity index (χ4n) is 3.73. The molecule has 4 rings (SSSR count). The Bertz CT molecular complexity index is 1330. The van der Waals surface area contributed by atoms with Gasteiger partial charge in [-0.1, -0.05) is 29.8 Å². The number of hydrogen-bond acceptors (Lipinski definition) is 3. The molecule has 0 bridgehead atoms. The highest BCUT2D eigenvalue weighted by Crippen LogP contribution is 2.40. The number of H-pyrrole nitrogens is 4. The average molecular weight is 583 g/mol. The van der Waals surface area contributed by atoms with Gasteiger partial charge < -0.3 is 14.9 Å². The van der Waals surface area contributed by atoms with Gasteiger partial charge in [-0.25, -0.2) is 0 Å². The average Bonchev–Trinajstić information content (AvgIpc) is 3.25. The molecule has 0 fully saturated rings. The van der Waals surface area contributed by atoms with Gasteiger partial charge in [0.05, 0.1) is 20.1 Å². The molecular weight excluding hydrogens is 564 g/mol. The molecule has 10 heteroatoms. The summed E-state index contributed by atoms with van der Waals surface area (Å²) in [5, 5.41) is 11.5. The Morgan fingerprint density at radius 2 is 1.44 bits per heavy atom. The van der Waals surface area contributed by atoms with Crippen LogP contribution in [0.4, 0.5) is 0 Å². The van der Waals surface area contributed by atoms with E-state index in [-0.39, 0.29) is 17.7 Å². The van der Waals surface area contributed by atoms with Gasteiger partial charge in [-0.3, -0.25) is 19.8 Å². The third-order valence-electron chi connectivity index (χ3n) is 5.29. The molecule has 4 N–H and O–H groups in total. The first-order valence-corrected chi connectivity index (χ1v) is 11.6. The van der Waals surface area contributed by atoms with Crippen molar-refractivity contribution < 1.29 is 4.74 Å². The Labute approximate surface area is 204 Å². The summed E-state index contributed by atoms with van der Waals surface area (Å²) in [6, 6.07) is 11.2. The normalized spacial score (nSPS) is 11.3. The second-order valence-corrected chi connectivity index (χ2v) is 9.48. The number of ether oxygens (including phenoxy) is 1. The fraction of sp³-hybridized carbons (Fsp3) is 0.182. The number of aromatic amines is 4. The van der Waals surface area contributed by atoms with E-state index >= 15 is 0 Å². The smallest absolute Gasteiger partial charge is 0.268 e. The van der Waals surface area contributed by atoms with Gasteiger partial charge in [-0.05, 0) is 69.5 Å². The number of aryl methyl sites for hydroxylation is 2. The second-order valence-electron chi connectivity index (χ2n) is 7.36. The van der Waals surface area contributed by atoms with Crippen LogP contribution in [0.5, 0.6) is 5.75 Å². The van der Waals surface area contributed by atoms with Crippen molar-refractivity contribution in [3.05, 3.63) is 105 Å². The van der Waals surface area contributed by atoms with E-state index in [1.165, 1.54) is 0 Å². The van der Waals surface area contributed by atoms with Crippen LogP contribution in [0.15, 0.2) is 54.9 Å². The van der Waals surface area contributed by atoms with Crippen molar-refractivity contribution in [2.24, 2.45) is 0 Å². The van der Waals surface area contributed by atoms with Crippen LogP contribution in [0, 0.1) is 13.8 Å². The first-order chi connectivity index (χ1) is 15.3. The molecule has 0 saturated carbocycles. The number of hydrogen-bond donors (Lipinski definition) is 4. The Balaban J connectivity index is 1.79. The maximum atomic E-state index is 12.6. The van der Waals surface area contributed by atoms with E-state index < -0.39 is 5.92 Å². The van der Waals surface area contributed by atoms with Gasteiger partial charge in [0.2, 0.25) is 0 Å². The quantitative estimate of drug-likeness (QED) is 0.249. The lowest BCUT2D eigenvalue weighted by Crippen LogP contribution is -2.20. The highest BCUT2D eigenvalue weighted by Gasteiger charge is 2.29. The van der Waals surface area contributed by atoms with Gasteiger partial charge in [0.25, 0.3) is 11.1 Å². The van der Waals surface area contributed by atoms with E-state index in [1.807, 2.05) is 36.4 Å². The lowest BCUT2D eigenvalue weighted by atomic mass is 9.85. The third kappa shape index (κ3) is 4.24. The maximum Gasteiger partial charge on any atom is 0.268 e. The molecule has 0 spiro atoms. The Kier molecular flexibility index (Phi) is 6.50. The second kappa shape index (κ2) is 9.17. The summed E-state index contributed by atoms with van der Waals surface area (Å²) < 4.78 is 7.37. The van der Waals surface area contributed by atoms with Gasteiger partial charge in [-0.2, -0.15) is 0 Å². The monoisotopic (exact) mass is 580 g/mol. The lowest BCUT2D eigenvalue weighted by molar-refractivity contribution is 0.302. The molecule has 0 aliphatic heterocycles. The fourth-order valence-corrected chi connectivity index (χ4v) is 5.37. The Morgan fingerprint density at radius 3 is 1.91 bits per heavy atom. The van der Waals surface area contributed by atoms with Gasteiger partial charge >= 0.3 is 0 Å². The number of aromatic nitrogens is 4. The summed E-state index contributed by atoms with van der Waals surface area (Å²) in [7, 11) is 0. The van der Waals surface area contributed by atoms with Crippen molar-refractivity contribution in [3.63, 3.8) is 0 Å². The largest absolute Gasteiger partial charge is 0.486 e. The molecule has 7 nitrogen and oxygen atoms in total. The summed E-state index contributed by atoms with van der Waals surface area (Å²) in [5.41, 5.74) is 3.31. The van der Waals surface area contributed by atoms with Crippen LogP contribution < -0.4 is 15.9 Å². The zero-order valence-corrected chi connectivity index (χ0v) is 21.0. The number of halogens is 3. The molecule has 0 aliphatic rings. The first-order valence-electron chi connectivity index (χ1n) is 9.67. The zero-order valence-electron chi connectivity index (χ0n) is 17.1. The van der Waals surface area contributed by atoms with Crippen LogP contribution in [-0.2, 0) is 6.61 Å². The van der Waals surface area contributed by atoms with Gasteiger partial charge in [0.1, 0.15) is 12.4 Å². The molecule has 4 aromatic rings. The van der Waals surface area contributed by atoms with Crippen molar-refractivity contribution in [3.8, 4) is 5.75 Å². The predicted molar refractivity (Wildman–Crippen MR) is 131 cm³/mol. The summed E-state index contributed by atoms with van der Waals surface area (Å²) in [4.78, 5) is 25.3. The molecule has 0 amide bonds. The van der Waals surface area contributed by atoms with Crippen LogP contribution in [0.1, 0.15) is 39.6 Å². The van der Waals surface area contributed by atoms with Gasteiger partial charge in [-0.15, -0.1) is 0 Å². The molecule has 2 aromatic carbocycles. The molecule has 0 radical (unpaired) electrons. The molecule has 0 aliphatic carbocycles. The SMILES string of the molecule is Cc1[nH][nH]c(=O)c1C(c1cc(Br)c(OCc2ccccc2Cl)c(Br)c1)c1c(C)[nH][nH]c1=O. The summed E-state index contributed by atoms with van der Waals surface area (Å²) in [6.45, 7) is 3.87. The summed E-state index contributed by atoms with van der Waals surface area (Å²) in [6.07, 6.45) is 0. The maximum absolute atomic E-state index is 12.6. The Morgan fingerprint density at radius 1 is 0.906 bits per heavy atom. The third-order valence-corrected chi connectivity index (χ3v) is 6.83. The number of nitrogens with one attached hydrogen (secondary N) is 4. The first kappa shape index (κ1) is 22.7. The van der Waals surface area contributed by atoms with Gasteiger partial charge in [0.15, 0.2) is 0 Å². The number of benzene rings is 2. The van der Waals surface area contributed by atoms with Crippen LogP contribution in [0.2, 0.25) is 5.02 Å².